The first-order chi connectivity index (χ1) is 14.9. The third kappa shape index (κ3) is 4.74. The molecule has 0 unspecified atom stereocenters. The summed E-state index contributed by atoms with van der Waals surface area (Å²) in [6, 6.07) is 9.00. The van der Waals surface area contributed by atoms with Crippen molar-refractivity contribution in [2.75, 3.05) is 27.3 Å². The Bertz CT molecular complexity index is 1130. The predicted octanol–water partition coefficient (Wildman–Crippen LogP) is 4.23. The molecule has 2 aromatic heterocycles. The number of hydrogen-bond donors (Lipinski definition) is 0. The molecule has 31 heavy (non-hydrogen) atoms. The van der Waals surface area contributed by atoms with E-state index in [-0.39, 0.29) is 5.92 Å². The summed E-state index contributed by atoms with van der Waals surface area (Å²) in [6.07, 6.45) is 5.19. The Morgan fingerprint density at radius 3 is 2.39 bits per heavy atom. The standard InChI is InChI=1S/C21H24ClN3O4S2/c1-28-17-11-15(12-18(13-17)29-2)14-24-10-7-23-21(24)16-5-8-25(9-6-16)31(26,27)20-4-3-19(22)30-20/h3-4,7,10-13,16H,5-6,8-9,14H2,1-2H3. The van der Waals surface area contributed by atoms with Crippen LogP contribution in [0.15, 0.2) is 46.9 Å². The smallest absolute Gasteiger partial charge is 0.252 e. The maximum Gasteiger partial charge on any atom is 0.252 e. The van der Waals surface area contributed by atoms with Crippen LogP contribution in [0.5, 0.6) is 11.5 Å². The molecule has 0 aliphatic carbocycles. The number of thiophene rings is 1. The molecular formula is C21H24ClN3O4S2. The van der Waals surface area contributed by atoms with E-state index in [1.165, 1.54) is 0 Å². The Morgan fingerprint density at radius 2 is 1.81 bits per heavy atom. The lowest BCUT2D eigenvalue weighted by Gasteiger charge is -2.30. The van der Waals surface area contributed by atoms with Crippen LogP contribution in [0, 0.1) is 0 Å². The van der Waals surface area contributed by atoms with Gasteiger partial charge < -0.3 is 14.0 Å². The summed E-state index contributed by atoms with van der Waals surface area (Å²) in [6.45, 7) is 1.56. The van der Waals surface area contributed by atoms with Gasteiger partial charge in [0.05, 0.1) is 18.6 Å². The molecule has 7 nitrogen and oxygen atoms in total. The molecule has 0 amide bonds. The summed E-state index contributed by atoms with van der Waals surface area (Å²) in [5.41, 5.74) is 1.05. The third-order valence-corrected chi connectivity index (χ3v) is 9.07. The van der Waals surface area contributed by atoms with Crippen LogP contribution < -0.4 is 9.47 Å². The van der Waals surface area contributed by atoms with E-state index in [0.29, 0.717) is 28.2 Å². The molecular weight excluding hydrogens is 458 g/mol. The van der Waals surface area contributed by atoms with Gasteiger partial charge in [0, 0.05) is 44.0 Å². The number of nitrogens with zero attached hydrogens (tertiary/aromatic N) is 3. The summed E-state index contributed by atoms with van der Waals surface area (Å²) >= 11 is 7.02. The van der Waals surface area contributed by atoms with Crippen LogP contribution in [0.4, 0.5) is 0 Å². The largest absolute Gasteiger partial charge is 0.497 e. The molecule has 0 radical (unpaired) electrons. The molecule has 0 atom stereocenters. The molecule has 10 heteroatoms. The number of methoxy groups -OCH3 is 2. The fourth-order valence-electron chi connectivity index (χ4n) is 3.89. The Kier molecular flexibility index (Phi) is 6.57. The van der Waals surface area contributed by atoms with E-state index in [0.717, 1.165) is 47.1 Å². The highest BCUT2D eigenvalue weighted by molar-refractivity contribution is 7.91. The van der Waals surface area contributed by atoms with Crippen molar-refractivity contribution in [3.63, 3.8) is 0 Å². The molecule has 3 heterocycles. The van der Waals surface area contributed by atoms with Gasteiger partial charge in [0.1, 0.15) is 21.5 Å². The Balaban J connectivity index is 1.47. The van der Waals surface area contributed by atoms with E-state index >= 15 is 0 Å². The van der Waals surface area contributed by atoms with Gasteiger partial charge in [-0.05, 0) is 42.7 Å². The molecule has 0 saturated carbocycles. The van der Waals surface area contributed by atoms with Gasteiger partial charge in [-0.2, -0.15) is 4.31 Å². The van der Waals surface area contributed by atoms with Gasteiger partial charge in [-0.3, -0.25) is 0 Å². The maximum absolute atomic E-state index is 12.9. The molecule has 1 fully saturated rings. The molecule has 1 aromatic carbocycles. The summed E-state index contributed by atoms with van der Waals surface area (Å²) in [7, 11) is -0.231. The first kappa shape index (κ1) is 22.1. The van der Waals surface area contributed by atoms with E-state index in [2.05, 4.69) is 9.55 Å². The number of sulfonamides is 1. The Labute approximate surface area is 191 Å². The predicted molar refractivity (Wildman–Crippen MR) is 121 cm³/mol. The van der Waals surface area contributed by atoms with Crippen molar-refractivity contribution >= 4 is 33.0 Å². The quantitative estimate of drug-likeness (QED) is 0.504. The number of hydrogen-bond acceptors (Lipinski definition) is 6. The second kappa shape index (κ2) is 9.20. The molecule has 4 rings (SSSR count). The average Bonchev–Trinajstić information content (AvgIpc) is 3.43. The summed E-state index contributed by atoms with van der Waals surface area (Å²) in [4.78, 5) is 4.59. The molecule has 3 aromatic rings. The molecule has 0 bridgehead atoms. The number of ether oxygens (including phenoxy) is 2. The zero-order valence-electron chi connectivity index (χ0n) is 17.3. The van der Waals surface area contributed by atoms with Crippen molar-refractivity contribution in [1.29, 1.82) is 0 Å². The van der Waals surface area contributed by atoms with E-state index in [9.17, 15) is 8.42 Å². The van der Waals surface area contributed by atoms with Gasteiger partial charge in [0.25, 0.3) is 10.0 Å². The number of imidazole rings is 1. The van der Waals surface area contributed by atoms with Gasteiger partial charge in [-0.25, -0.2) is 13.4 Å². The van der Waals surface area contributed by atoms with Crippen LogP contribution in [0.3, 0.4) is 0 Å². The van der Waals surface area contributed by atoms with Crippen molar-refractivity contribution in [3.8, 4) is 11.5 Å². The van der Waals surface area contributed by atoms with Gasteiger partial charge in [0.15, 0.2) is 0 Å². The second-order valence-electron chi connectivity index (χ2n) is 7.37. The SMILES string of the molecule is COc1cc(Cn2ccnc2C2CCN(S(=O)(=O)c3ccc(Cl)s3)CC2)cc(OC)c1. The highest BCUT2D eigenvalue weighted by Crippen LogP contribution is 2.33. The lowest BCUT2D eigenvalue weighted by Crippen LogP contribution is -2.38. The number of piperidine rings is 1. The van der Waals surface area contributed by atoms with Crippen LogP contribution in [0.1, 0.15) is 30.1 Å². The van der Waals surface area contributed by atoms with Crippen LogP contribution in [0.2, 0.25) is 4.34 Å². The monoisotopic (exact) mass is 481 g/mol. The zero-order chi connectivity index (χ0) is 22.0. The molecule has 0 spiro atoms. The minimum atomic E-state index is -3.50. The lowest BCUT2D eigenvalue weighted by atomic mass is 9.97. The highest BCUT2D eigenvalue weighted by Gasteiger charge is 2.32. The molecule has 1 saturated heterocycles. The van der Waals surface area contributed by atoms with Gasteiger partial charge in [-0.1, -0.05) is 11.6 Å². The third-order valence-electron chi connectivity index (χ3n) is 5.47. The van der Waals surface area contributed by atoms with E-state index in [1.807, 2.05) is 24.4 Å². The van der Waals surface area contributed by atoms with Crippen molar-refractivity contribution in [2.24, 2.45) is 0 Å². The second-order valence-corrected chi connectivity index (χ2v) is 11.3. The number of benzene rings is 1. The first-order valence-corrected chi connectivity index (χ1v) is 12.5. The Morgan fingerprint density at radius 1 is 1.13 bits per heavy atom. The van der Waals surface area contributed by atoms with Gasteiger partial charge in [-0.15, -0.1) is 11.3 Å². The first-order valence-electron chi connectivity index (χ1n) is 9.89. The van der Waals surface area contributed by atoms with Crippen molar-refractivity contribution in [3.05, 3.63) is 58.4 Å². The number of aromatic nitrogens is 2. The van der Waals surface area contributed by atoms with Crippen LogP contribution in [-0.4, -0.2) is 49.6 Å². The van der Waals surface area contributed by atoms with Crippen LogP contribution in [-0.2, 0) is 16.6 Å². The normalized spacial score (nSPS) is 15.8. The fraction of sp³-hybridized carbons (Fsp3) is 0.381. The molecule has 166 valence electrons. The van der Waals surface area contributed by atoms with Crippen molar-refractivity contribution in [2.45, 2.75) is 29.5 Å². The van der Waals surface area contributed by atoms with Crippen molar-refractivity contribution in [1.82, 2.24) is 13.9 Å². The van der Waals surface area contributed by atoms with Crippen LogP contribution in [0.25, 0.3) is 0 Å². The topological polar surface area (TPSA) is 73.7 Å². The van der Waals surface area contributed by atoms with Crippen LogP contribution >= 0.6 is 22.9 Å². The molecule has 1 aliphatic rings. The maximum atomic E-state index is 12.9. The summed E-state index contributed by atoms with van der Waals surface area (Å²) in [5.74, 6) is 2.64. The summed E-state index contributed by atoms with van der Waals surface area (Å²) in [5, 5.41) is 0. The van der Waals surface area contributed by atoms with E-state index in [4.69, 9.17) is 21.1 Å². The molecule has 0 N–H and O–H groups in total. The summed E-state index contributed by atoms with van der Waals surface area (Å²) < 4.78 is 40.9. The highest BCUT2D eigenvalue weighted by atomic mass is 35.5. The lowest BCUT2D eigenvalue weighted by molar-refractivity contribution is 0.310. The van der Waals surface area contributed by atoms with E-state index < -0.39 is 10.0 Å². The fourth-order valence-corrected chi connectivity index (χ4v) is 6.99. The van der Waals surface area contributed by atoms with E-state index in [1.54, 1.807) is 36.9 Å². The average molecular weight is 482 g/mol. The van der Waals surface area contributed by atoms with Crippen molar-refractivity contribution < 1.29 is 17.9 Å². The van der Waals surface area contributed by atoms with Gasteiger partial charge >= 0.3 is 0 Å². The Hall–Kier alpha value is -2.07. The molecule has 1 aliphatic heterocycles. The number of halogens is 1. The van der Waals surface area contributed by atoms with Gasteiger partial charge in [0.2, 0.25) is 0 Å². The number of rotatable bonds is 7. The zero-order valence-corrected chi connectivity index (χ0v) is 19.7. The minimum Gasteiger partial charge on any atom is -0.497 e. The minimum absolute atomic E-state index is 0.195.